The van der Waals surface area contributed by atoms with Gasteiger partial charge in [-0.25, -0.2) is 18.0 Å². The van der Waals surface area contributed by atoms with Gasteiger partial charge in [-0.3, -0.25) is 4.79 Å². The minimum absolute atomic E-state index is 0.0473. The first-order valence-electron chi connectivity index (χ1n) is 10.0. The molecule has 0 fully saturated rings. The van der Waals surface area contributed by atoms with E-state index in [-0.39, 0.29) is 36.8 Å². The van der Waals surface area contributed by atoms with Crippen molar-refractivity contribution in [3.8, 4) is 0 Å². The van der Waals surface area contributed by atoms with Crippen molar-refractivity contribution < 1.29 is 41.7 Å². The number of amides is 1. The number of azide groups is 2. The highest BCUT2D eigenvalue weighted by Crippen LogP contribution is 2.25. The van der Waals surface area contributed by atoms with Crippen LogP contribution in [0.3, 0.4) is 0 Å². The molecule has 0 heterocycles. The van der Waals surface area contributed by atoms with Crippen LogP contribution in [0.2, 0.25) is 0 Å². The van der Waals surface area contributed by atoms with Gasteiger partial charge in [0.25, 0.3) is 5.91 Å². The first-order chi connectivity index (χ1) is 17.5. The first-order valence-corrected chi connectivity index (χ1v) is 12.8. The van der Waals surface area contributed by atoms with E-state index in [1.165, 1.54) is 24.3 Å². The Morgan fingerprint density at radius 3 is 2.00 bits per heavy atom. The molecule has 0 bridgehead atoms. The lowest BCUT2D eigenvalue weighted by atomic mass is 10.0. The van der Waals surface area contributed by atoms with Crippen LogP contribution in [0.4, 0.5) is 9.59 Å². The lowest BCUT2D eigenvalue weighted by Crippen LogP contribution is -2.46. The molecule has 0 radical (unpaired) electrons. The number of rotatable bonds is 14. The third-order valence-corrected chi connectivity index (χ3v) is 5.61. The summed E-state index contributed by atoms with van der Waals surface area (Å²) in [7, 11) is -3.56. The first kappa shape index (κ1) is 31.4. The van der Waals surface area contributed by atoms with Gasteiger partial charge < -0.3 is 24.3 Å². The van der Waals surface area contributed by atoms with Crippen LogP contribution in [0.15, 0.2) is 39.4 Å². The van der Waals surface area contributed by atoms with Crippen molar-refractivity contribution in [1.29, 1.82) is 0 Å². The maximum absolute atomic E-state index is 12.3. The molecule has 1 aromatic carbocycles. The molecule has 1 N–H and O–H groups in total. The number of nitrogens with one attached hydrogen (secondary N) is 1. The largest absolute Gasteiger partial charge is 0.508 e. The van der Waals surface area contributed by atoms with Crippen molar-refractivity contribution in [1.82, 2.24) is 5.32 Å². The van der Waals surface area contributed by atoms with Crippen molar-refractivity contribution in [3.05, 3.63) is 50.7 Å². The van der Waals surface area contributed by atoms with E-state index in [0.29, 0.717) is 0 Å². The van der Waals surface area contributed by atoms with Gasteiger partial charge in [0.2, 0.25) is 0 Å². The van der Waals surface area contributed by atoms with Crippen LogP contribution in [0, 0.1) is 0 Å². The minimum atomic E-state index is -3.56. The monoisotopic (exact) mass is 581 g/mol. The normalized spacial score (nSPS) is 12.2. The number of hydrogen-bond donors (Lipinski definition) is 1. The lowest BCUT2D eigenvalue weighted by Gasteiger charge is -2.28. The van der Waals surface area contributed by atoms with Crippen LogP contribution in [-0.4, -0.2) is 76.7 Å². The number of nitrogens with zero attached hydrogens (tertiary/aromatic N) is 6. The van der Waals surface area contributed by atoms with Crippen molar-refractivity contribution in [2.24, 2.45) is 10.2 Å². The van der Waals surface area contributed by atoms with Crippen LogP contribution in [-0.2, 0) is 33.6 Å². The van der Waals surface area contributed by atoms with E-state index in [1.807, 2.05) is 0 Å². The maximum Gasteiger partial charge on any atom is 0.508 e. The number of sulfone groups is 1. The molecule has 0 aliphatic carbocycles. The Morgan fingerprint density at radius 1 is 0.973 bits per heavy atom. The zero-order valence-corrected chi connectivity index (χ0v) is 21.4. The number of alkyl halides is 2. The van der Waals surface area contributed by atoms with Crippen LogP contribution in [0.5, 0.6) is 0 Å². The zero-order chi connectivity index (χ0) is 27.8. The van der Waals surface area contributed by atoms with Gasteiger partial charge in [0.05, 0.1) is 18.0 Å². The molecule has 1 rings (SSSR count). The van der Waals surface area contributed by atoms with Gasteiger partial charge in [-0.2, -0.15) is 0 Å². The topological polar surface area (TPSA) is 232 Å². The fraction of sp³-hybridized carbons (Fsp3) is 0.500. The van der Waals surface area contributed by atoms with E-state index in [1.54, 1.807) is 0 Å². The lowest BCUT2D eigenvalue weighted by molar-refractivity contribution is -0.122. The number of carbonyl (C=O) groups excluding carboxylic acids is 3. The summed E-state index contributed by atoms with van der Waals surface area (Å²) in [5, 5.41) is 8.73. The number of carbonyl (C=O) groups is 3. The Bertz CT molecular complexity index is 1140. The third-order valence-electron chi connectivity index (χ3n) is 4.08. The van der Waals surface area contributed by atoms with E-state index in [9.17, 15) is 22.8 Å². The molecule has 202 valence electrons. The highest BCUT2D eigenvalue weighted by Gasteiger charge is 2.32. The highest BCUT2D eigenvalue weighted by molar-refractivity contribution is 7.90. The molecular formula is C18H21Cl2N7O9S. The smallest absolute Gasteiger partial charge is 0.434 e. The predicted molar refractivity (Wildman–Crippen MR) is 127 cm³/mol. The Hall–Kier alpha value is -3.62. The van der Waals surface area contributed by atoms with Crippen molar-refractivity contribution in [2.45, 2.75) is 21.9 Å². The molecule has 0 saturated carbocycles. The van der Waals surface area contributed by atoms with Gasteiger partial charge in [-0.15, -0.1) is 0 Å². The average Bonchev–Trinajstić information content (AvgIpc) is 2.85. The molecule has 0 unspecified atom stereocenters. The van der Waals surface area contributed by atoms with Crippen molar-refractivity contribution in [2.75, 3.05) is 39.2 Å². The molecule has 2 atom stereocenters. The molecule has 0 saturated heterocycles. The molecular weight excluding hydrogens is 561 g/mol. The average molecular weight is 582 g/mol. The fourth-order valence-corrected chi connectivity index (χ4v) is 3.26. The Labute approximate surface area is 220 Å². The van der Waals surface area contributed by atoms with Crippen LogP contribution >= 0.6 is 23.2 Å². The second-order valence-electron chi connectivity index (χ2n) is 6.71. The van der Waals surface area contributed by atoms with E-state index >= 15 is 0 Å². The Kier molecular flexibility index (Phi) is 13.7. The summed E-state index contributed by atoms with van der Waals surface area (Å²) >= 11 is 11.2. The van der Waals surface area contributed by atoms with E-state index < -0.39 is 51.6 Å². The van der Waals surface area contributed by atoms with Crippen molar-refractivity contribution >= 4 is 51.3 Å². The summed E-state index contributed by atoms with van der Waals surface area (Å²) in [4.78, 5) is 39.8. The van der Waals surface area contributed by atoms with Crippen LogP contribution in [0.25, 0.3) is 20.9 Å². The Morgan fingerprint density at radius 2 is 1.51 bits per heavy atom. The summed E-state index contributed by atoms with van der Waals surface area (Å²) < 4.78 is 43.4. The van der Waals surface area contributed by atoms with E-state index in [4.69, 9.17) is 53.2 Å². The van der Waals surface area contributed by atoms with E-state index in [0.717, 1.165) is 6.26 Å². The molecule has 16 nitrogen and oxygen atoms in total. The molecule has 19 heteroatoms. The summed E-state index contributed by atoms with van der Waals surface area (Å²) in [5.74, 6) is -0.938. The van der Waals surface area contributed by atoms with Crippen molar-refractivity contribution in [3.63, 3.8) is 0 Å². The van der Waals surface area contributed by atoms with Gasteiger partial charge >= 0.3 is 12.3 Å². The van der Waals surface area contributed by atoms with Gasteiger partial charge in [-0.05, 0) is 28.8 Å². The standard InChI is InChI=1S/C18H21Cl2N7O9S/c1-37(31,32)12-4-2-11(3-5-12)14(36-18(30)34-9-7-24-27-22)13(25-16(28)15(19)20)10-35-17(29)33-8-6-23-26-21/h2-5,13-15H,6-10H2,1H3,(H,25,28)/t13-,14-/m1/s1. The van der Waals surface area contributed by atoms with E-state index in [2.05, 4.69) is 25.4 Å². The highest BCUT2D eigenvalue weighted by atomic mass is 35.5. The fourth-order valence-electron chi connectivity index (χ4n) is 2.50. The second kappa shape index (κ2) is 16.2. The summed E-state index contributed by atoms with van der Waals surface area (Å²) in [5.41, 5.74) is 16.7. The number of hydrogen-bond acceptors (Lipinski definition) is 11. The van der Waals surface area contributed by atoms with Crippen LogP contribution in [0.1, 0.15) is 11.7 Å². The van der Waals surface area contributed by atoms with Gasteiger partial charge in [0.1, 0.15) is 25.9 Å². The van der Waals surface area contributed by atoms with Gasteiger partial charge in [0.15, 0.2) is 20.8 Å². The summed E-state index contributed by atoms with van der Waals surface area (Å²) in [6.45, 7) is -1.62. The second-order valence-corrected chi connectivity index (χ2v) is 9.82. The molecule has 37 heavy (non-hydrogen) atoms. The SMILES string of the molecule is CS(=O)(=O)c1ccc([C@@H](OC(=O)OCCN=[N+]=[N-])[C@@H](COC(=O)OCCN=[N+]=[N-])NC(=O)C(Cl)Cl)cc1. The molecule has 0 aliphatic rings. The van der Waals surface area contributed by atoms with Gasteiger partial charge in [0, 0.05) is 16.1 Å². The number of halogens is 2. The van der Waals surface area contributed by atoms with Gasteiger partial charge in [-0.1, -0.05) is 45.6 Å². The maximum atomic E-state index is 12.3. The minimum Gasteiger partial charge on any atom is -0.434 e. The quantitative estimate of drug-likeness (QED) is 0.0844. The zero-order valence-electron chi connectivity index (χ0n) is 19.1. The third kappa shape index (κ3) is 12.3. The Balaban J connectivity index is 3.22. The molecule has 1 aromatic rings. The molecule has 0 spiro atoms. The molecule has 0 aliphatic heterocycles. The summed E-state index contributed by atoms with van der Waals surface area (Å²) in [6, 6.07) is 3.72. The summed E-state index contributed by atoms with van der Waals surface area (Å²) in [6.07, 6.45) is -2.89. The van der Waals surface area contributed by atoms with Crippen LogP contribution < -0.4 is 5.32 Å². The number of benzene rings is 1. The molecule has 1 amide bonds. The predicted octanol–water partition coefficient (Wildman–Crippen LogP) is 3.35. The molecule has 0 aromatic heterocycles. The number of ether oxygens (including phenoxy) is 4.